The molecule has 0 aromatic heterocycles. The van der Waals surface area contributed by atoms with E-state index in [-0.39, 0.29) is 5.41 Å². The number of carbonyl (C=O) groups is 1. The molecule has 0 bridgehead atoms. The van der Waals surface area contributed by atoms with Crippen LogP contribution in [-0.4, -0.2) is 6.29 Å². The summed E-state index contributed by atoms with van der Waals surface area (Å²) < 4.78 is 0. The number of hydrogen-bond donors (Lipinski definition) is 0. The van der Waals surface area contributed by atoms with Crippen molar-refractivity contribution in [2.24, 2.45) is 5.41 Å². The van der Waals surface area contributed by atoms with Crippen molar-refractivity contribution >= 4 is 11.9 Å². The molecule has 2 aromatic rings. The summed E-state index contributed by atoms with van der Waals surface area (Å²) in [6.45, 7) is 8.40. The predicted molar refractivity (Wildman–Crippen MR) is 90.1 cm³/mol. The number of aldehydes is 1. The molecule has 2 rings (SSSR count). The molecule has 108 valence electrons. The van der Waals surface area contributed by atoms with Crippen molar-refractivity contribution in [3.05, 3.63) is 65.7 Å². The highest BCUT2D eigenvalue weighted by molar-refractivity contribution is 6.07. The Kier molecular flexibility index (Phi) is 4.42. The molecule has 21 heavy (non-hydrogen) atoms. The van der Waals surface area contributed by atoms with E-state index in [9.17, 15) is 4.79 Å². The number of aryl methyl sites for hydroxylation is 1. The van der Waals surface area contributed by atoms with Crippen LogP contribution in [0.25, 0.3) is 16.7 Å². The summed E-state index contributed by atoms with van der Waals surface area (Å²) in [6.07, 6.45) is 2.97. The maximum Gasteiger partial charge on any atom is 0.150 e. The molecular weight excluding hydrogens is 256 g/mol. The third-order valence-corrected chi connectivity index (χ3v) is 3.37. The first-order valence-electron chi connectivity index (χ1n) is 7.25. The molecule has 0 saturated carbocycles. The molecule has 0 N–H and O–H groups in total. The summed E-state index contributed by atoms with van der Waals surface area (Å²) in [6, 6.07) is 16.5. The Bertz CT molecular complexity index is 672. The van der Waals surface area contributed by atoms with Crippen LogP contribution in [0.5, 0.6) is 0 Å². The van der Waals surface area contributed by atoms with Crippen LogP contribution in [0.3, 0.4) is 0 Å². The van der Waals surface area contributed by atoms with E-state index in [0.717, 1.165) is 23.0 Å². The van der Waals surface area contributed by atoms with Gasteiger partial charge in [-0.1, -0.05) is 69.3 Å². The molecule has 0 fully saturated rings. The number of carbonyl (C=O) groups excluding carboxylic acids is 1. The fourth-order valence-corrected chi connectivity index (χ4v) is 2.41. The van der Waals surface area contributed by atoms with E-state index in [1.807, 2.05) is 30.3 Å². The van der Waals surface area contributed by atoms with Crippen LogP contribution in [0.1, 0.15) is 31.9 Å². The maximum atomic E-state index is 11.4. The van der Waals surface area contributed by atoms with Gasteiger partial charge in [-0.05, 0) is 40.7 Å². The Morgan fingerprint density at radius 2 is 1.71 bits per heavy atom. The molecule has 1 nitrogen and oxygen atoms in total. The van der Waals surface area contributed by atoms with Crippen LogP contribution in [-0.2, 0) is 4.79 Å². The molecule has 0 unspecified atom stereocenters. The van der Waals surface area contributed by atoms with Crippen molar-refractivity contribution in [1.29, 1.82) is 0 Å². The summed E-state index contributed by atoms with van der Waals surface area (Å²) in [4.78, 5) is 11.4. The van der Waals surface area contributed by atoms with Gasteiger partial charge < -0.3 is 0 Å². The molecule has 0 saturated heterocycles. The average Bonchev–Trinajstić information content (AvgIpc) is 2.44. The number of hydrogen-bond acceptors (Lipinski definition) is 1. The highest BCUT2D eigenvalue weighted by atomic mass is 16.1. The summed E-state index contributed by atoms with van der Waals surface area (Å²) in [7, 11) is 0. The van der Waals surface area contributed by atoms with Gasteiger partial charge in [-0.15, -0.1) is 0 Å². The lowest BCUT2D eigenvalue weighted by atomic mass is 9.90. The second-order valence-electron chi connectivity index (χ2n) is 6.48. The average molecular weight is 278 g/mol. The summed E-state index contributed by atoms with van der Waals surface area (Å²) in [5.74, 6) is 0. The second-order valence-corrected chi connectivity index (χ2v) is 6.48. The molecule has 1 heteroatoms. The second kappa shape index (κ2) is 6.09. The van der Waals surface area contributed by atoms with Crippen molar-refractivity contribution in [2.75, 3.05) is 0 Å². The molecule has 0 atom stereocenters. The van der Waals surface area contributed by atoms with Crippen LogP contribution in [0.4, 0.5) is 0 Å². The first kappa shape index (κ1) is 15.2. The van der Waals surface area contributed by atoms with Gasteiger partial charge in [-0.25, -0.2) is 0 Å². The number of allylic oxidation sites excluding steroid dienone is 2. The quantitative estimate of drug-likeness (QED) is 0.550. The topological polar surface area (TPSA) is 17.1 Å². The summed E-state index contributed by atoms with van der Waals surface area (Å²) in [5, 5.41) is 0. The lowest BCUT2D eigenvalue weighted by molar-refractivity contribution is -0.103. The Hall–Kier alpha value is -2.15. The van der Waals surface area contributed by atoms with Gasteiger partial charge in [-0.2, -0.15) is 0 Å². The Balaban J connectivity index is 2.50. The number of benzene rings is 2. The fourth-order valence-electron chi connectivity index (χ4n) is 2.41. The van der Waals surface area contributed by atoms with E-state index in [2.05, 4.69) is 52.0 Å². The molecule has 0 amide bonds. The molecule has 0 aliphatic heterocycles. The van der Waals surface area contributed by atoms with Crippen molar-refractivity contribution in [2.45, 2.75) is 27.7 Å². The molecule has 0 aliphatic carbocycles. The minimum absolute atomic E-state index is 0.0189. The smallest absolute Gasteiger partial charge is 0.150 e. The van der Waals surface area contributed by atoms with Crippen LogP contribution >= 0.6 is 0 Å². The molecule has 2 aromatic carbocycles. The maximum absolute atomic E-state index is 11.4. The van der Waals surface area contributed by atoms with Crippen molar-refractivity contribution in [3.63, 3.8) is 0 Å². The van der Waals surface area contributed by atoms with E-state index < -0.39 is 0 Å². The molecule has 0 heterocycles. The van der Waals surface area contributed by atoms with Crippen LogP contribution in [0.2, 0.25) is 0 Å². The first-order valence-corrected chi connectivity index (χ1v) is 7.25. The van der Waals surface area contributed by atoms with Crippen molar-refractivity contribution < 1.29 is 4.79 Å². The van der Waals surface area contributed by atoms with Gasteiger partial charge in [0.05, 0.1) is 0 Å². The molecule has 0 radical (unpaired) electrons. The van der Waals surface area contributed by atoms with Crippen LogP contribution in [0.15, 0.2) is 54.6 Å². The van der Waals surface area contributed by atoms with Gasteiger partial charge in [0, 0.05) is 5.57 Å². The van der Waals surface area contributed by atoms with E-state index in [1.54, 1.807) is 0 Å². The minimum Gasteiger partial charge on any atom is -0.298 e. The highest BCUT2D eigenvalue weighted by Gasteiger charge is 2.11. The summed E-state index contributed by atoms with van der Waals surface area (Å²) in [5.41, 5.74) is 5.29. The molecule has 0 aliphatic rings. The Morgan fingerprint density at radius 1 is 1.00 bits per heavy atom. The summed E-state index contributed by atoms with van der Waals surface area (Å²) >= 11 is 0. The van der Waals surface area contributed by atoms with Gasteiger partial charge in [0.2, 0.25) is 0 Å². The van der Waals surface area contributed by atoms with Crippen molar-refractivity contribution in [3.8, 4) is 11.1 Å². The third-order valence-electron chi connectivity index (χ3n) is 3.37. The normalized spacial score (nSPS) is 12.3. The fraction of sp³-hybridized carbons (Fsp3) is 0.250. The largest absolute Gasteiger partial charge is 0.298 e. The van der Waals surface area contributed by atoms with Crippen LogP contribution in [0, 0.1) is 12.3 Å². The predicted octanol–water partition coefficient (Wildman–Crippen LogP) is 5.29. The lowest BCUT2D eigenvalue weighted by Crippen LogP contribution is -2.02. The zero-order valence-corrected chi connectivity index (χ0v) is 13.2. The van der Waals surface area contributed by atoms with Crippen molar-refractivity contribution in [1.82, 2.24) is 0 Å². The standard InChI is InChI=1S/C20H22O/c1-15-8-5-6-11-19(15)17-10-7-9-16(12-17)18(14-21)13-20(2,3)4/h5-14H,1-4H3/b18-13+. The third kappa shape index (κ3) is 3.91. The lowest BCUT2D eigenvalue weighted by Gasteiger charge is -2.14. The van der Waals surface area contributed by atoms with E-state index in [0.29, 0.717) is 0 Å². The van der Waals surface area contributed by atoms with Gasteiger partial charge in [0.1, 0.15) is 6.29 Å². The Morgan fingerprint density at radius 3 is 2.33 bits per heavy atom. The monoisotopic (exact) mass is 278 g/mol. The highest BCUT2D eigenvalue weighted by Crippen LogP contribution is 2.28. The zero-order valence-electron chi connectivity index (χ0n) is 13.2. The van der Waals surface area contributed by atoms with Gasteiger partial charge in [0.25, 0.3) is 0 Å². The van der Waals surface area contributed by atoms with Gasteiger partial charge in [0.15, 0.2) is 0 Å². The first-order chi connectivity index (χ1) is 9.90. The SMILES string of the molecule is Cc1ccccc1-c1cccc(/C(C=O)=C/C(C)(C)C)c1. The van der Waals surface area contributed by atoms with E-state index in [1.165, 1.54) is 11.1 Å². The number of rotatable bonds is 3. The van der Waals surface area contributed by atoms with E-state index in [4.69, 9.17) is 0 Å². The van der Waals surface area contributed by atoms with Gasteiger partial charge in [-0.3, -0.25) is 4.79 Å². The minimum atomic E-state index is -0.0189. The van der Waals surface area contributed by atoms with Crippen LogP contribution < -0.4 is 0 Å². The zero-order chi connectivity index (χ0) is 15.5. The molecule has 0 spiro atoms. The Labute approximate surface area is 127 Å². The van der Waals surface area contributed by atoms with E-state index >= 15 is 0 Å². The molecular formula is C20H22O. The van der Waals surface area contributed by atoms with Gasteiger partial charge >= 0.3 is 0 Å².